The highest BCUT2D eigenvalue weighted by Gasteiger charge is 2.03. The van der Waals surface area contributed by atoms with Crippen molar-refractivity contribution in [2.24, 2.45) is 0 Å². The molecule has 4 heteroatoms. The highest BCUT2D eigenvalue weighted by molar-refractivity contribution is 5.94. The number of amides is 1. The van der Waals surface area contributed by atoms with Gasteiger partial charge in [0.05, 0.1) is 12.0 Å². The minimum absolute atomic E-state index is 0.00937. The molecule has 0 saturated heterocycles. The van der Waals surface area contributed by atoms with Crippen LogP contribution in [0.15, 0.2) is 36.8 Å². The van der Waals surface area contributed by atoms with Gasteiger partial charge in [0.2, 0.25) is 0 Å². The number of nitrogens with zero attached hydrogens (tertiary/aromatic N) is 2. The Morgan fingerprint density at radius 3 is 2.70 bits per heavy atom. The molecule has 0 unspecified atom stereocenters. The fraction of sp³-hybridized carbons (Fsp3) is 0.375. The molecule has 1 aromatic heterocycles. The third-order valence-corrected chi connectivity index (χ3v) is 3.24. The van der Waals surface area contributed by atoms with Crippen LogP contribution >= 0.6 is 0 Å². The Kier molecular flexibility index (Phi) is 4.93. The monoisotopic (exact) mass is 271 g/mol. The normalized spacial score (nSPS) is 10.5. The van der Waals surface area contributed by atoms with Gasteiger partial charge in [-0.1, -0.05) is 24.6 Å². The molecule has 0 bridgehead atoms. The molecule has 0 aliphatic rings. The van der Waals surface area contributed by atoms with Gasteiger partial charge in [-0.3, -0.25) is 4.79 Å². The molecule has 0 atom stereocenters. The van der Waals surface area contributed by atoms with Crippen LogP contribution in [0.1, 0.15) is 35.0 Å². The quantitative estimate of drug-likeness (QED) is 0.821. The first kappa shape index (κ1) is 14.3. The van der Waals surface area contributed by atoms with Crippen LogP contribution in [0.4, 0.5) is 0 Å². The predicted molar refractivity (Wildman–Crippen MR) is 79.7 cm³/mol. The van der Waals surface area contributed by atoms with E-state index in [4.69, 9.17) is 0 Å². The van der Waals surface area contributed by atoms with Crippen LogP contribution < -0.4 is 5.32 Å². The van der Waals surface area contributed by atoms with Gasteiger partial charge in [0.1, 0.15) is 0 Å². The fourth-order valence-electron chi connectivity index (χ4n) is 1.98. The number of hydrogen-bond donors (Lipinski definition) is 1. The number of aromatic nitrogens is 2. The van der Waals surface area contributed by atoms with Gasteiger partial charge in [-0.05, 0) is 31.9 Å². The zero-order valence-corrected chi connectivity index (χ0v) is 12.1. The van der Waals surface area contributed by atoms with Gasteiger partial charge in [-0.2, -0.15) is 0 Å². The lowest BCUT2D eigenvalue weighted by Crippen LogP contribution is -2.25. The van der Waals surface area contributed by atoms with E-state index in [0.29, 0.717) is 12.1 Å². The lowest BCUT2D eigenvalue weighted by atomic mass is 10.1. The summed E-state index contributed by atoms with van der Waals surface area (Å²) in [4.78, 5) is 16.2. The van der Waals surface area contributed by atoms with E-state index in [9.17, 15) is 4.79 Å². The summed E-state index contributed by atoms with van der Waals surface area (Å²) in [6.07, 6.45) is 5.76. The topological polar surface area (TPSA) is 46.9 Å². The zero-order chi connectivity index (χ0) is 14.4. The largest absolute Gasteiger partial charge is 0.352 e. The minimum Gasteiger partial charge on any atom is -0.352 e. The van der Waals surface area contributed by atoms with Crippen molar-refractivity contribution in [3.05, 3.63) is 53.6 Å². The summed E-state index contributed by atoms with van der Waals surface area (Å²) in [5, 5.41) is 2.94. The Labute approximate surface area is 119 Å². The molecule has 1 amide bonds. The number of carbonyl (C=O) groups is 1. The van der Waals surface area contributed by atoms with Gasteiger partial charge < -0.3 is 9.88 Å². The van der Waals surface area contributed by atoms with Crippen LogP contribution in [0.2, 0.25) is 0 Å². The standard InChI is InChI=1S/C16H21N3O/c1-3-15-11-19(12-18-15)10-4-9-17-16(20)14-7-5-13(2)6-8-14/h5-8,11-12H,3-4,9-10H2,1-2H3,(H,17,20). The Hall–Kier alpha value is -2.10. The van der Waals surface area contributed by atoms with Crippen molar-refractivity contribution in [3.63, 3.8) is 0 Å². The Morgan fingerprint density at radius 1 is 1.30 bits per heavy atom. The summed E-state index contributed by atoms with van der Waals surface area (Å²) in [6, 6.07) is 7.61. The van der Waals surface area contributed by atoms with E-state index < -0.39 is 0 Å². The lowest BCUT2D eigenvalue weighted by molar-refractivity contribution is 0.0952. The van der Waals surface area contributed by atoms with Gasteiger partial charge >= 0.3 is 0 Å². The van der Waals surface area contributed by atoms with E-state index >= 15 is 0 Å². The molecule has 0 saturated carbocycles. The molecule has 20 heavy (non-hydrogen) atoms. The second kappa shape index (κ2) is 6.89. The fourth-order valence-corrected chi connectivity index (χ4v) is 1.98. The number of aryl methyl sites for hydroxylation is 3. The van der Waals surface area contributed by atoms with Crippen LogP contribution in [-0.4, -0.2) is 22.0 Å². The molecule has 0 radical (unpaired) electrons. The summed E-state index contributed by atoms with van der Waals surface area (Å²) >= 11 is 0. The molecule has 1 aromatic carbocycles. The number of nitrogens with one attached hydrogen (secondary N) is 1. The van der Waals surface area contributed by atoms with Crippen molar-refractivity contribution < 1.29 is 4.79 Å². The van der Waals surface area contributed by atoms with Crippen molar-refractivity contribution in [3.8, 4) is 0 Å². The maximum absolute atomic E-state index is 11.9. The average molecular weight is 271 g/mol. The second-order valence-electron chi connectivity index (χ2n) is 4.93. The zero-order valence-electron chi connectivity index (χ0n) is 12.1. The van der Waals surface area contributed by atoms with Crippen molar-refractivity contribution in [1.29, 1.82) is 0 Å². The van der Waals surface area contributed by atoms with E-state index in [0.717, 1.165) is 30.6 Å². The predicted octanol–water partition coefficient (Wildman–Crippen LogP) is 2.57. The molecule has 2 rings (SSSR count). The second-order valence-corrected chi connectivity index (χ2v) is 4.93. The van der Waals surface area contributed by atoms with Crippen LogP contribution in [0.25, 0.3) is 0 Å². The van der Waals surface area contributed by atoms with Gasteiger partial charge in [0, 0.05) is 24.8 Å². The summed E-state index contributed by atoms with van der Waals surface area (Å²) in [5.74, 6) is -0.00937. The molecule has 1 N–H and O–H groups in total. The molecular weight excluding hydrogens is 250 g/mol. The highest BCUT2D eigenvalue weighted by Crippen LogP contribution is 2.03. The summed E-state index contributed by atoms with van der Waals surface area (Å²) in [7, 11) is 0. The summed E-state index contributed by atoms with van der Waals surface area (Å²) < 4.78 is 2.07. The SMILES string of the molecule is CCc1cn(CCCNC(=O)c2ccc(C)cc2)cn1. The van der Waals surface area contributed by atoms with E-state index in [1.165, 1.54) is 0 Å². The molecule has 1 heterocycles. The van der Waals surface area contributed by atoms with Crippen LogP contribution in [0.3, 0.4) is 0 Å². The van der Waals surface area contributed by atoms with Crippen molar-refractivity contribution >= 4 is 5.91 Å². The van der Waals surface area contributed by atoms with Gasteiger partial charge in [-0.25, -0.2) is 4.98 Å². The van der Waals surface area contributed by atoms with Gasteiger partial charge in [0.25, 0.3) is 5.91 Å². The van der Waals surface area contributed by atoms with Crippen LogP contribution in [0, 0.1) is 6.92 Å². The van der Waals surface area contributed by atoms with Crippen LogP contribution in [0.5, 0.6) is 0 Å². The smallest absolute Gasteiger partial charge is 0.251 e. The molecule has 0 aliphatic carbocycles. The van der Waals surface area contributed by atoms with Gasteiger partial charge in [-0.15, -0.1) is 0 Å². The number of carbonyl (C=O) groups excluding carboxylic acids is 1. The minimum atomic E-state index is -0.00937. The maximum Gasteiger partial charge on any atom is 0.251 e. The molecular formula is C16H21N3O. The highest BCUT2D eigenvalue weighted by atomic mass is 16.1. The molecule has 4 nitrogen and oxygen atoms in total. The van der Waals surface area contributed by atoms with E-state index in [-0.39, 0.29) is 5.91 Å². The van der Waals surface area contributed by atoms with Crippen molar-refractivity contribution in [2.45, 2.75) is 33.2 Å². The number of rotatable bonds is 6. The van der Waals surface area contributed by atoms with Crippen molar-refractivity contribution in [2.75, 3.05) is 6.54 Å². The number of benzene rings is 1. The molecule has 2 aromatic rings. The first-order chi connectivity index (χ1) is 9.69. The Balaban J connectivity index is 1.72. The summed E-state index contributed by atoms with van der Waals surface area (Å²) in [5.41, 5.74) is 2.98. The van der Waals surface area contributed by atoms with E-state index in [2.05, 4.69) is 28.0 Å². The van der Waals surface area contributed by atoms with Gasteiger partial charge in [0.15, 0.2) is 0 Å². The number of imidazole rings is 1. The average Bonchev–Trinajstić information content (AvgIpc) is 2.92. The Bertz CT molecular complexity index is 557. The molecule has 0 spiro atoms. The van der Waals surface area contributed by atoms with Crippen molar-refractivity contribution in [1.82, 2.24) is 14.9 Å². The summed E-state index contributed by atoms with van der Waals surface area (Å²) in [6.45, 7) is 5.65. The van der Waals surface area contributed by atoms with E-state index in [1.54, 1.807) is 0 Å². The Morgan fingerprint density at radius 2 is 2.05 bits per heavy atom. The third kappa shape index (κ3) is 3.95. The van der Waals surface area contributed by atoms with Crippen LogP contribution in [-0.2, 0) is 13.0 Å². The third-order valence-electron chi connectivity index (χ3n) is 3.24. The van der Waals surface area contributed by atoms with E-state index in [1.807, 2.05) is 37.5 Å². The molecule has 0 fully saturated rings. The lowest BCUT2D eigenvalue weighted by Gasteiger charge is -2.06. The molecule has 106 valence electrons. The first-order valence-corrected chi connectivity index (χ1v) is 7.04. The number of hydrogen-bond acceptors (Lipinski definition) is 2. The molecule has 0 aliphatic heterocycles. The maximum atomic E-state index is 11.9. The first-order valence-electron chi connectivity index (χ1n) is 7.04.